The molecule has 3 unspecified atom stereocenters. The molecule has 2 aliphatic rings. The summed E-state index contributed by atoms with van der Waals surface area (Å²) in [5.41, 5.74) is 0. The van der Waals surface area contributed by atoms with Crippen molar-refractivity contribution in [2.24, 2.45) is 5.92 Å². The van der Waals surface area contributed by atoms with Crippen LogP contribution in [0.1, 0.15) is 51.9 Å². The van der Waals surface area contributed by atoms with Gasteiger partial charge in [-0.2, -0.15) is 0 Å². The van der Waals surface area contributed by atoms with Crippen LogP contribution < -0.4 is 21.3 Å². The van der Waals surface area contributed by atoms with Gasteiger partial charge in [0.15, 0.2) is 0 Å². The highest BCUT2D eigenvalue weighted by atomic mass is 16.2. The molecular formula is C20H35N5O4. The van der Waals surface area contributed by atoms with Crippen molar-refractivity contribution in [2.45, 2.75) is 70.0 Å². The first-order chi connectivity index (χ1) is 13.9. The van der Waals surface area contributed by atoms with Crippen molar-refractivity contribution >= 4 is 23.6 Å². The fourth-order valence-electron chi connectivity index (χ4n) is 4.34. The molecule has 3 atom stereocenters. The predicted octanol–water partition coefficient (Wildman–Crippen LogP) is -0.487. The maximum Gasteiger partial charge on any atom is 0.246 e. The van der Waals surface area contributed by atoms with E-state index in [4.69, 9.17) is 0 Å². The quantitative estimate of drug-likeness (QED) is 0.431. The first kappa shape index (κ1) is 23.1. The molecular weight excluding hydrogens is 374 g/mol. The van der Waals surface area contributed by atoms with Crippen LogP contribution in [0.3, 0.4) is 0 Å². The SMILES string of the molecule is CCC(=O)NC1CC(C(=O)NC)N(C(=O)C(NC(=O)CNC)C2CCCCC2)C1. The van der Waals surface area contributed by atoms with Gasteiger partial charge in [0, 0.05) is 26.1 Å². The maximum atomic E-state index is 13.5. The van der Waals surface area contributed by atoms with E-state index in [-0.39, 0.29) is 48.7 Å². The Morgan fingerprint density at radius 3 is 2.31 bits per heavy atom. The van der Waals surface area contributed by atoms with Crippen molar-refractivity contribution in [2.75, 3.05) is 27.2 Å². The Morgan fingerprint density at radius 2 is 1.72 bits per heavy atom. The summed E-state index contributed by atoms with van der Waals surface area (Å²) in [5.74, 6) is -0.764. The Morgan fingerprint density at radius 1 is 1.03 bits per heavy atom. The molecule has 1 aliphatic heterocycles. The topological polar surface area (TPSA) is 120 Å². The van der Waals surface area contributed by atoms with E-state index in [1.807, 2.05) is 0 Å². The molecule has 0 aromatic carbocycles. The molecule has 0 radical (unpaired) electrons. The van der Waals surface area contributed by atoms with Crippen LogP contribution in [0.2, 0.25) is 0 Å². The summed E-state index contributed by atoms with van der Waals surface area (Å²) in [6, 6.07) is -1.57. The van der Waals surface area contributed by atoms with Crippen LogP contribution in [0, 0.1) is 5.92 Å². The molecule has 4 amide bonds. The van der Waals surface area contributed by atoms with Gasteiger partial charge in [-0.3, -0.25) is 19.2 Å². The normalized spacial score (nSPS) is 23.3. The van der Waals surface area contributed by atoms with Crippen LogP contribution in [-0.2, 0) is 19.2 Å². The zero-order valence-electron chi connectivity index (χ0n) is 17.8. The van der Waals surface area contributed by atoms with Crippen molar-refractivity contribution in [3.05, 3.63) is 0 Å². The van der Waals surface area contributed by atoms with Crippen molar-refractivity contribution in [3.63, 3.8) is 0 Å². The van der Waals surface area contributed by atoms with Gasteiger partial charge >= 0.3 is 0 Å². The average molecular weight is 410 g/mol. The summed E-state index contributed by atoms with van der Waals surface area (Å²) in [4.78, 5) is 51.6. The molecule has 0 spiro atoms. The van der Waals surface area contributed by atoms with Crippen LogP contribution in [-0.4, -0.2) is 73.8 Å². The Balaban J connectivity index is 2.21. The fourth-order valence-corrected chi connectivity index (χ4v) is 4.34. The Hall–Kier alpha value is -2.16. The molecule has 2 fully saturated rings. The average Bonchev–Trinajstić information content (AvgIpc) is 3.15. The number of amides is 4. The minimum absolute atomic E-state index is 0.0617. The molecule has 0 bridgehead atoms. The van der Waals surface area contributed by atoms with E-state index < -0.39 is 12.1 Å². The lowest BCUT2D eigenvalue weighted by Crippen LogP contribution is -2.57. The Bertz CT molecular complexity index is 606. The van der Waals surface area contributed by atoms with E-state index in [9.17, 15) is 19.2 Å². The Labute approximate surface area is 172 Å². The first-order valence-electron chi connectivity index (χ1n) is 10.7. The van der Waals surface area contributed by atoms with Gasteiger partial charge in [0.1, 0.15) is 12.1 Å². The molecule has 29 heavy (non-hydrogen) atoms. The summed E-state index contributed by atoms with van der Waals surface area (Å²) in [7, 11) is 3.22. The molecule has 1 saturated heterocycles. The zero-order valence-corrected chi connectivity index (χ0v) is 17.8. The Kier molecular flexibility index (Phi) is 8.88. The van der Waals surface area contributed by atoms with Crippen molar-refractivity contribution in [1.29, 1.82) is 0 Å². The van der Waals surface area contributed by atoms with E-state index in [2.05, 4.69) is 21.3 Å². The van der Waals surface area contributed by atoms with Crippen molar-refractivity contribution < 1.29 is 19.2 Å². The molecule has 2 rings (SSSR count). The lowest BCUT2D eigenvalue weighted by molar-refractivity contribution is -0.142. The highest BCUT2D eigenvalue weighted by Gasteiger charge is 2.43. The lowest BCUT2D eigenvalue weighted by atomic mass is 9.83. The van der Waals surface area contributed by atoms with Crippen LogP contribution in [0.4, 0.5) is 0 Å². The number of likely N-dealkylation sites (tertiary alicyclic amines) is 1. The van der Waals surface area contributed by atoms with Gasteiger partial charge < -0.3 is 26.2 Å². The predicted molar refractivity (Wildman–Crippen MR) is 109 cm³/mol. The summed E-state index contributed by atoms with van der Waals surface area (Å²) in [5, 5.41) is 11.2. The number of likely N-dealkylation sites (N-methyl/N-ethyl adjacent to an activating group) is 2. The molecule has 0 aromatic heterocycles. The van der Waals surface area contributed by atoms with Gasteiger partial charge in [-0.05, 0) is 32.2 Å². The molecule has 4 N–H and O–H groups in total. The van der Waals surface area contributed by atoms with Crippen LogP contribution in [0.25, 0.3) is 0 Å². The number of nitrogens with one attached hydrogen (secondary N) is 4. The second-order valence-electron chi connectivity index (χ2n) is 7.95. The third-order valence-electron chi connectivity index (χ3n) is 5.86. The van der Waals surface area contributed by atoms with E-state index in [0.717, 1.165) is 32.1 Å². The third kappa shape index (κ3) is 6.16. The van der Waals surface area contributed by atoms with Crippen molar-refractivity contribution in [3.8, 4) is 0 Å². The minimum Gasteiger partial charge on any atom is -0.357 e. The summed E-state index contributed by atoms with van der Waals surface area (Å²) < 4.78 is 0. The van der Waals surface area contributed by atoms with Gasteiger partial charge in [0.05, 0.1) is 6.54 Å². The summed E-state index contributed by atoms with van der Waals surface area (Å²) >= 11 is 0. The third-order valence-corrected chi connectivity index (χ3v) is 5.86. The molecule has 9 heteroatoms. The summed E-state index contributed by atoms with van der Waals surface area (Å²) in [6.45, 7) is 2.16. The van der Waals surface area contributed by atoms with Crippen LogP contribution >= 0.6 is 0 Å². The number of carbonyl (C=O) groups is 4. The smallest absolute Gasteiger partial charge is 0.246 e. The van der Waals surface area contributed by atoms with Crippen LogP contribution in [0.5, 0.6) is 0 Å². The standard InChI is InChI=1S/C20H35N5O4/c1-4-16(26)23-14-10-15(19(28)22-3)25(12-14)20(29)18(24-17(27)11-21-2)13-8-6-5-7-9-13/h13-15,18,21H,4-12H2,1-3H3,(H,22,28)(H,23,26)(H,24,27). The van der Waals surface area contributed by atoms with Crippen LogP contribution in [0.15, 0.2) is 0 Å². The number of hydrogen-bond acceptors (Lipinski definition) is 5. The fraction of sp³-hybridized carbons (Fsp3) is 0.800. The second kappa shape index (κ2) is 11.1. The number of rotatable bonds is 8. The molecule has 1 heterocycles. The van der Waals surface area contributed by atoms with Gasteiger partial charge in [-0.25, -0.2) is 0 Å². The van der Waals surface area contributed by atoms with Gasteiger partial charge in [-0.15, -0.1) is 0 Å². The van der Waals surface area contributed by atoms with E-state index in [1.165, 1.54) is 7.05 Å². The van der Waals surface area contributed by atoms with Gasteiger partial charge in [0.25, 0.3) is 0 Å². The van der Waals surface area contributed by atoms with E-state index in [1.54, 1.807) is 18.9 Å². The zero-order chi connectivity index (χ0) is 21.4. The molecule has 0 aromatic rings. The first-order valence-corrected chi connectivity index (χ1v) is 10.7. The summed E-state index contributed by atoms with van der Waals surface area (Å²) in [6.07, 6.45) is 5.68. The number of nitrogens with zero attached hydrogens (tertiary/aromatic N) is 1. The molecule has 1 saturated carbocycles. The molecule has 9 nitrogen and oxygen atoms in total. The van der Waals surface area contributed by atoms with Gasteiger partial charge in [-0.1, -0.05) is 26.2 Å². The molecule has 1 aliphatic carbocycles. The highest BCUT2D eigenvalue weighted by Crippen LogP contribution is 2.29. The maximum absolute atomic E-state index is 13.5. The minimum atomic E-state index is -0.651. The second-order valence-corrected chi connectivity index (χ2v) is 7.95. The van der Waals surface area contributed by atoms with E-state index >= 15 is 0 Å². The number of hydrogen-bond donors (Lipinski definition) is 4. The monoisotopic (exact) mass is 409 g/mol. The largest absolute Gasteiger partial charge is 0.357 e. The van der Waals surface area contributed by atoms with Crippen molar-refractivity contribution in [1.82, 2.24) is 26.2 Å². The number of carbonyl (C=O) groups excluding carboxylic acids is 4. The van der Waals surface area contributed by atoms with E-state index in [0.29, 0.717) is 12.8 Å². The molecule has 164 valence electrons. The highest BCUT2D eigenvalue weighted by molar-refractivity contribution is 5.93. The lowest BCUT2D eigenvalue weighted by Gasteiger charge is -2.34. The van der Waals surface area contributed by atoms with Gasteiger partial charge in [0.2, 0.25) is 23.6 Å².